The molecule has 2 aromatic heterocycles. The van der Waals surface area contributed by atoms with Crippen LogP contribution in [0.4, 0.5) is 0 Å². The van der Waals surface area contributed by atoms with Gasteiger partial charge in [0.1, 0.15) is 12.8 Å². The summed E-state index contributed by atoms with van der Waals surface area (Å²) in [7, 11) is 2.19. The van der Waals surface area contributed by atoms with E-state index in [1.807, 2.05) is 0 Å². The molecule has 0 saturated carbocycles. The minimum absolute atomic E-state index is 0.164. The van der Waals surface area contributed by atoms with E-state index in [4.69, 9.17) is 4.98 Å². The number of pyridine rings is 2. The van der Waals surface area contributed by atoms with Gasteiger partial charge >= 0.3 is 0 Å². The maximum Gasteiger partial charge on any atom is 0.213 e. The molecule has 0 atom stereocenters. The summed E-state index contributed by atoms with van der Waals surface area (Å²) in [6.07, 6.45) is 2.24. The predicted octanol–water partition coefficient (Wildman–Crippen LogP) is 19.7. The Kier molecular flexibility index (Phi) is 15.0. The molecular formula is C71H83N2O+. The first-order chi connectivity index (χ1) is 34.7. The Hall–Kier alpha value is -6.58. The summed E-state index contributed by atoms with van der Waals surface area (Å²) in [5, 5.41) is 12.6. The van der Waals surface area contributed by atoms with E-state index >= 15 is 0 Å². The summed E-state index contributed by atoms with van der Waals surface area (Å²) in [5.74, 6) is 1.39. The molecule has 8 rings (SSSR count). The molecule has 0 aliphatic rings. The van der Waals surface area contributed by atoms with Crippen molar-refractivity contribution in [1.82, 2.24) is 4.98 Å². The molecule has 8 aromatic rings. The van der Waals surface area contributed by atoms with Crippen molar-refractivity contribution >= 4 is 0 Å². The number of phenolic OH excluding ortho intramolecular Hbond substituents is 1. The third-order valence-electron chi connectivity index (χ3n) is 15.1. The molecule has 0 radical (unpaired) electrons. The Morgan fingerprint density at radius 1 is 0.392 bits per heavy atom. The quantitative estimate of drug-likeness (QED) is 0.131. The zero-order chi connectivity index (χ0) is 53.8. The average molecular weight is 980 g/mol. The van der Waals surface area contributed by atoms with E-state index in [0.717, 1.165) is 44.8 Å². The Labute approximate surface area is 445 Å². The summed E-state index contributed by atoms with van der Waals surface area (Å²) in [4.78, 5) is 5.69. The molecule has 6 aromatic carbocycles. The summed E-state index contributed by atoms with van der Waals surface area (Å²) >= 11 is 0. The van der Waals surface area contributed by atoms with E-state index in [2.05, 4.69) is 275 Å². The van der Waals surface area contributed by atoms with Gasteiger partial charge in [-0.25, -0.2) is 9.55 Å². The molecule has 74 heavy (non-hydrogen) atoms. The van der Waals surface area contributed by atoms with Crippen LogP contribution in [0.15, 0.2) is 146 Å². The van der Waals surface area contributed by atoms with Gasteiger partial charge in [0.25, 0.3) is 0 Å². The first-order valence-corrected chi connectivity index (χ1v) is 27.2. The third kappa shape index (κ3) is 11.1. The highest BCUT2D eigenvalue weighted by Gasteiger charge is 2.29. The zero-order valence-corrected chi connectivity index (χ0v) is 48.0. The van der Waals surface area contributed by atoms with E-state index in [0.29, 0.717) is 17.6 Å². The smallest absolute Gasteiger partial charge is 0.213 e. The molecule has 0 saturated heterocycles. The fourth-order valence-electron chi connectivity index (χ4n) is 10.6. The lowest BCUT2D eigenvalue weighted by Gasteiger charge is -2.28. The normalized spacial score (nSPS) is 12.5. The Morgan fingerprint density at radius 2 is 0.824 bits per heavy atom. The largest absolute Gasteiger partial charge is 0.507 e. The van der Waals surface area contributed by atoms with Crippen LogP contribution in [0.3, 0.4) is 0 Å². The Bertz CT molecular complexity index is 3270. The Balaban J connectivity index is 1.43. The molecule has 3 heteroatoms. The van der Waals surface area contributed by atoms with Gasteiger partial charge in [-0.2, -0.15) is 0 Å². The SMILES string of the molecule is CC(C)c1cc(-c2ccccc2)cc(C(C)C)c1-c1cc(-c2cc(-c3cc[n+](C)c(-c4c(C(C)C)cc(-c5ccccc5)cc4C(C)C)c3)cc(C(C)(C)C)c2)nc(-c2cc(C(C)(C)C)cc(C(C)(C)C)c2O)c1. The molecule has 0 amide bonds. The van der Waals surface area contributed by atoms with Crippen LogP contribution < -0.4 is 4.57 Å². The van der Waals surface area contributed by atoms with E-state index in [-0.39, 0.29) is 28.1 Å². The molecule has 0 unspecified atom stereocenters. The van der Waals surface area contributed by atoms with Crippen LogP contribution in [0, 0.1) is 0 Å². The van der Waals surface area contributed by atoms with Gasteiger partial charge < -0.3 is 5.11 Å². The maximum atomic E-state index is 12.6. The van der Waals surface area contributed by atoms with Gasteiger partial charge in [0.15, 0.2) is 6.20 Å². The predicted molar refractivity (Wildman–Crippen MR) is 318 cm³/mol. The maximum absolute atomic E-state index is 12.6. The number of hydrogen-bond acceptors (Lipinski definition) is 2. The van der Waals surface area contributed by atoms with Crippen LogP contribution in [0.25, 0.3) is 78.3 Å². The first kappa shape index (κ1) is 53.7. The van der Waals surface area contributed by atoms with Crippen LogP contribution in [0.2, 0.25) is 0 Å². The number of phenols is 1. The molecule has 1 N–H and O–H groups in total. The fourth-order valence-corrected chi connectivity index (χ4v) is 10.6. The minimum Gasteiger partial charge on any atom is -0.507 e. The van der Waals surface area contributed by atoms with Gasteiger partial charge in [-0.15, -0.1) is 0 Å². The molecule has 0 spiro atoms. The van der Waals surface area contributed by atoms with Crippen LogP contribution >= 0.6 is 0 Å². The van der Waals surface area contributed by atoms with Crippen LogP contribution in [0.1, 0.15) is 180 Å². The number of nitrogens with zero attached hydrogens (tertiary/aromatic N) is 2. The second kappa shape index (κ2) is 20.6. The van der Waals surface area contributed by atoms with Crippen LogP contribution in [-0.2, 0) is 23.3 Å². The van der Waals surface area contributed by atoms with E-state index < -0.39 is 0 Å². The minimum atomic E-state index is -0.305. The highest BCUT2D eigenvalue weighted by molar-refractivity contribution is 5.86. The summed E-state index contributed by atoms with van der Waals surface area (Å²) < 4.78 is 2.30. The monoisotopic (exact) mass is 980 g/mol. The van der Waals surface area contributed by atoms with Crippen molar-refractivity contribution in [2.24, 2.45) is 7.05 Å². The highest BCUT2D eigenvalue weighted by atomic mass is 16.3. The number of hydrogen-bond donors (Lipinski definition) is 1. The summed E-state index contributed by atoms with van der Waals surface area (Å²) in [6.45, 7) is 38.8. The average Bonchev–Trinajstić information content (AvgIpc) is 3.35. The molecule has 0 aliphatic heterocycles. The lowest BCUT2D eigenvalue weighted by molar-refractivity contribution is -0.660. The van der Waals surface area contributed by atoms with Gasteiger partial charge in [0.05, 0.1) is 17.0 Å². The number of benzene rings is 6. The number of aryl methyl sites for hydroxylation is 1. The van der Waals surface area contributed by atoms with E-state index in [1.54, 1.807) is 0 Å². The molecule has 0 aliphatic carbocycles. The van der Waals surface area contributed by atoms with Crippen molar-refractivity contribution in [2.45, 2.75) is 158 Å². The molecular weight excluding hydrogens is 897 g/mol. The van der Waals surface area contributed by atoms with Gasteiger partial charge in [-0.05, 0) is 148 Å². The molecule has 0 fully saturated rings. The van der Waals surface area contributed by atoms with Crippen molar-refractivity contribution in [3.05, 3.63) is 185 Å². The van der Waals surface area contributed by atoms with E-state index in [9.17, 15) is 5.11 Å². The highest BCUT2D eigenvalue weighted by Crippen LogP contribution is 2.47. The lowest BCUT2D eigenvalue weighted by atomic mass is 9.78. The zero-order valence-electron chi connectivity index (χ0n) is 48.0. The second-order valence-corrected chi connectivity index (χ2v) is 25.4. The van der Waals surface area contributed by atoms with E-state index in [1.165, 1.54) is 72.5 Å². The van der Waals surface area contributed by atoms with Crippen molar-refractivity contribution in [3.63, 3.8) is 0 Å². The number of aromatic hydroxyl groups is 1. The molecule has 0 bridgehead atoms. The van der Waals surface area contributed by atoms with Crippen LogP contribution in [0.5, 0.6) is 5.75 Å². The van der Waals surface area contributed by atoms with Crippen molar-refractivity contribution < 1.29 is 9.67 Å². The lowest BCUT2D eigenvalue weighted by Crippen LogP contribution is -2.31. The fraction of sp³-hybridized carbons (Fsp3) is 0.352. The third-order valence-corrected chi connectivity index (χ3v) is 15.1. The van der Waals surface area contributed by atoms with Crippen LogP contribution in [-0.4, -0.2) is 10.1 Å². The van der Waals surface area contributed by atoms with Crippen molar-refractivity contribution in [2.75, 3.05) is 0 Å². The number of aromatic nitrogens is 2. The molecule has 2 heterocycles. The van der Waals surface area contributed by atoms with Crippen molar-refractivity contribution in [3.8, 4) is 84.0 Å². The van der Waals surface area contributed by atoms with Gasteiger partial charge in [-0.1, -0.05) is 215 Å². The Morgan fingerprint density at radius 3 is 1.28 bits per heavy atom. The van der Waals surface area contributed by atoms with Gasteiger partial charge in [0.2, 0.25) is 5.69 Å². The van der Waals surface area contributed by atoms with Gasteiger partial charge in [-0.3, -0.25) is 0 Å². The first-order valence-electron chi connectivity index (χ1n) is 27.2. The second-order valence-electron chi connectivity index (χ2n) is 25.4. The standard InChI is InChI=1S/C71H82N2O/c1-43(2)57-34-51(47-25-21-19-22-26-47)35-58(44(3)4)66(57)54-38-63(72-64(39-54)61-41-56(70(12,13)14)42-62(68(61)74)71(15,16)17)53-31-50(32-55(33-53)69(9,10)11)49-29-30-73(18)65(40-49)67-59(45(5)6)36-52(37-60(67)46(7)8)48-27-23-20-24-28-48/h19-46H,1-18H3/p+1. The van der Waals surface area contributed by atoms with Crippen molar-refractivity contribution in [1.29, 1.82) is 0 Å². The number of rotatable bonds is 11. The molecule has 382 valence electrons. The molecule has 3 nitrogen and oxygen atoms in total. The summed E-state index contributed by atoms with van der Waals surface area (Å²) in [5.41, 5.74) is 23.6. The summed E-state index contributed by atoms with van der Waals surface area (Å²) in [6, 6.07) is 52.0. The topological polar surface area (TPSA) is 37.0 Å². The van der Waals surface area contributed by atoms with Gasteiger partial charge in [0, 0.05) is 28.8 Å².